The maximum absolute atomic E-state index is 14.1. The van der Waals surface area contributed by atoms with Gasteiger partial charge in [-0.1, -0.05) is 23.3 Å². The largest absolute Gasteiger partial charge is 0.325 e. The van der Waals surface area contributed by atoms with Gasteiger partial charge in [-0.2, -0.15) is 0 Å². The van der Waals surface area contributed by atoms with Gasteiger partial charge in [0.2, 0.25) is 15.9 Å². The van der Waals surface area contributed by atoms with Crippen molar-refractivity contribution in [2.75, 3.05) is 25.0 Å². The maximum atomic E-state index is 14.1. The smallest absolute Gasteiger partial charge is 0.243 e. The van der Waals surface area contributed by atoms with E-state index in [2.05, 4.69) is 15.4 Å². The van der Waals surface area contributed by atoms with Crippen LogP contribution in [0.15, 0.2) is 28.7 Å². The van der Waals surface area contributed by atoms with Crippen LogP contribution in [0, 0.1) is 5.82 Å². The van der Waals surface area contributed by atoms with Crippen molar-refractivity contribution >= 4 is 45.6 Å². The van der Waals surface area contributed by atoms with Gasteiger partial charge in [-0.05, 0) is 19.0 Å². The maximum Gasteiger partial charge on any atom is 0.243 e. The van der Waals surface area contributed by atoms with E-state index in [0.29, 0.717) is 6.54 Å². The molecule has 0 unspecified atom stereocenters. The summed E-state index contributed by atoms with van der Waals surface area (Å²) in [6, 6.07) is 1.88. The van der Waals surface area contributed by atoms with Crippen molar-refractivity contribution < 1.29 is 17.6 Å². The van der Waals surface area contributed by atoms with Crippen molar-refractivity contribution in [1.29, 1.82) is 0 Å². The Hall–Kier alpha value is -1.19. The summed E-state index contributed by atoms with van der Waals surface area (Å²) in [5, 5.41) is 5.40. The highest BCUT2D eigenvalue weighted by Crippen LogP contribution is 2.28. The molecule has 0 fully saturated rings. The Kier molecular flexibility index (Phi) is 7.62. The molecule has 1 amide bonds. The van der Waals surface area contributed by atoms with Gasteiger partial charge in [-0.15, -0.1) is 12.4 Å². The third-order valence-electron chi connectivity index (χ3n) is 3.27. The van der Waals surface area contributed by atoms with Gasteiger partial charge in [0.05, 0.1) is 10.7 Å². The van der Waals surface area contributed by atoms with Crippen molar-refractivity contribution in [3.05, 3.63) is 34.6 Å². The first-order valence-corrected chi connectivity index (χ1v) is 8.80. The molecule has 6 nitrogen and oxygen atoms in total. The predicted molar refractivity (Wildman–Crippen MR) is 93.7 cm³/mol. The second-order valence-electron chi connectivity index (χ2n) is 5.08. The molecule has 10 heteroatoms. The van der Waals surface area contributed by atoms with Crippen LogP contribution >= 0.6 is 24.0 Å². The molecule has 2 rings (SSSR count). The minimum Gasteiger partial charge on any atom is -0.325 e. The van der Waals surface area contributed by atoms with Gasteiger partial charge in [0.1, 0.15) is 10.7 Å². The lowest BCUT2D eigenvalue weighted by Crippen LogP contribution is -2.30. The summed E-state index contributed by atoms with van der Waals surface area (Å²) in [5.41, 5.74) is 0.963. The zero-order valence-electron chi connectivity index (χ0n) is 12.9. The highest BCUT2D eigenvalue weighted by molar-refractivity contribution is 7.89. The third-order valence-corrected chi connectivity index (χ3v) is 5.00. The summed E-state index contributed by atoms with van der Waals surface area (Å²) in [7, 11) is -4.04. The number of sulfonamides is 1. The topological polar surface area (TPSA) is 87.3 Å². The van der Waals surface area contributed by atoms with Gasteiger partial charge in [-0.25, -0.2) is 17.5 Å². The van der Waals surface area contributed by atoms with E-state index in [1.165, 1.54) is 6.92 Å². The Morgan fingerprint density at radius 3 is 2.71 bits per heavy atom. The minimum absolute atomic E-state index is 0. The van der Waals surface area contributed by atoms with Crippen molar-refractivity contribution in [3.8, 4) is 0 Å². The van der Waals surface area contributed by atoms with Crippen molar-refractivity contribution in [2.45, 2.75) is 18.2 Å². The number of carbonyl (C=O) groups is 1. The molecule has 0 saturated heterocycles. The van der Waals surface area contributed by atoms with Crippen LogP contribution in [0.2, 0.25) is 5.02 Å². The molecule has 1 aromatic rings. The summed E-state index contributed by atoms with van der Waals surface area (Å²) >= 11 is 5.91. The molecule has 0 radical (unpaired) electrons. The molecule has 0 spiro atoms. The molecule has 1 aromatic carbocycles. The lowest BCUT2D eigenvalue weighted by Gasteiger charge is -2.15. The number of hydrogen-bond acceptors (Lipinski definition) is 4. The van der Waals surface area contributed by atoms with Crippen LogP contribution in [0.4, 0.5) is 10.1 Å². The van der Waals surface area contributed by atoms with Crippen molar-refractivity contribution in [3.63, 3.8) is 0 Å². The highest BCUT2D eigenvalue weighted by Gasteiger charge is 2.22. The number of nitrogens with one attached hydrogen (secondary N) is 3. The average Bonchev–Trinajstić information content (AvgIpc) is 2.49. The molecule has 3 N–H and O–H groups in total. The van der Waals surface area contributed by atoms with E-state index in [0.717, 1.165) is 30.7 Å². The summed E-state index contributed by atoms with van der Waals surface area (Å²) < 4.78 is 40.9. The van der Waals surface area contributed by atoms with Crippen LogP contribution in [0.25, 0.3) is 0 Å². The van der Waals surface area contributed by atoms with Gasteiger partial charge in [0.25, 0.3) is 0 Å². The second kappa shape index (κ2) is 8.77. The van der Waals surface area contributed by atoms with Gasteiger partial charge in [0.15, 0.2) is 0 Å². The average molecular weight is 398 g/mol. The van der Waals surface area contributed by atoms with E-state index >= 15 is 0 Å². The van der Waals surface area contributed by atoms with Crippen LogP contribution in [0.3, 0.4) is 0 Å². The first-order valence-electron chi connectivity index (χ1n) is 6.94. The molecule has 1 aliphatic rings. The number of anilines is 1. The van der Waals surface area contributed by atoms with Crippen LogP contribution in [-0.4, -0.2) is 34.0 Å². The fourth-order valence-electron chi connectivity index (χ4n) is 2.12. The van der Waals surface area contributed by atoms with E-state index in [1.54, 1.807) is 0 Å². The van der Waals surface area contributed by atoms with Gasteiger partial charge >= 0.3 is 0 Å². The Bertz CT molecular complexity index is 754. The number of hydrogen-bond donors (Lipinski definition) is 3. The number of halogens is 3. The Balaban J connectivity index is 0.00000288. The third kappa shape index (κ3) is 5.42. The summed E-state index contributed by atoms with van der Waals surface area (Å²) in [4.78, 5) is 10.5. The first kappa shape index (κ1) is 20.9. The van der Waals surface area contributed by atoms with Crippen LogP contribution in [0.5, 0.6) is 0 Å². The van der Waals surface area contributed by atoms with Gasteiger partial charge < -0.3 is 10.6 Å². The highest BCUT2D eigenvalue weighted by atomic mass is 35.5. The fourth-order valence-corrected chi connectivity index (χ4v) is 3.51. The van der Waals surface area contributed by atoms with Crippen LogP contribution < -0.4 is 15.4 Å². The first-order chi connectivity index (χ1) is 10.8. The van der Waals surface area contributed by atoms with E-state index in [9.17, 15) is 17.6 Å². The summed E-state index contributed by atoms with van der Waals surface area (Å²) in [6.45, 7) is 2.82. The molecule has 1 aliphatic heterocycles. The van der Waals surface area contributed by atoms with Gasteiger partial charge in [0, 0.05) is 26.1 Å². The van der Waals surface area contributed by atoms with E-state index < -0.39 is 26.6 Å². The number of amides is 1. The summed E-state index contributed by atoms with van der Waals surface area (Å²) in [5.74, 6) is -1.41. The minimum atomic E-state index is -4.04. The fraction of sp³-hybridized carbons (Fsp3) is 0.357. The second-order valence-corrected chi connectivity index (χ2v) is 7.23. The number of benzene rings is 1. The monoisotopic (exact) mass is 397 g/mol. The number of rotatable bonds is 5. The Morgan fingerprint density at radius 1 is 1.42 bits per heavy atom. The van der Waals surface area contributed by atoms with Crippen molar-refractivity contribution in [1.82, 2.24) is 10.0 Å². The molecule has 0 aromatic heterocycles. The SMILES string of the molecule is CC(=O)Nc1cc(F)c(S(=O)(=O)NCC2=CCNCC2)cc1Cl.Cl. The Labute approximate surface area is 151 Å². The van der Waals surface area contributed by atoms with Crippen LogP contribution in [0.1, 0.15) is 13.3 Å². The molecule has 24 heavy (non-hydrogen) atoms. The molecular weight excluding hydrogens is 380 g/mol. The summed E-state index contributed by atoms with van der Waals surface area (Å²) in [6.07, 6.45) is 2.63. The zero-order valence-corrected chi connectivity index (χ0v) is 15.2. The normalized spacial score (nSPS) is 14.5. The quantitative estimate of drug-likeness (QED) is 0.663. The molecule has 0 atom stereocenters. The lowest BCUT2D eigenvalue weighted by molar-refractivity contribution is -0.114. The predicted octanol–water partition coefficient (Wildman–Crippen LogP) is 2.06. The molecular formula is C14H18Cl2FN3O3S. The van der Waals surface area contributed by atoms with Gasteiger partial charge in [-0.3, -0.25) is 4.79 Å². The van der Waals surface area contributed by atoms with E-state index in [1.807, 2.05) is 6.08 Å². The molecule has 0 saturated carbocycles. The number of carbonyl (C=O) groups excluding carboxylic acids is 1. The van der Waals surface area contributed by atoms with E-state index in [-0.39, 0.29) is 29.7 Å². The van der Waals surface area contributed by atoms with Crippen LogP contribution in [-0.2, 0) is 14.8 Å². The molecule has 0 aliphatic carbocycles. The zero-order chi connectivity index (χ0) is 17.0. The Morgan fingerprint density at radius 2 is 2.12 bits per heavy atom. The van der Waals surface area contributed by atoms with Crippen molar-refractivity contribution in [2.24, 2.45) is 0 Å². The molecule has 1 heterocycles. The molecule has 0 bridgehead atoms. The standard InChI is InChI=1S/C14H17ClFN3O3S.ClH/c1-9(20)19-13-7-12(16)14(6-11(13)15)23(21,22)18-8-10-2-4-17-5-3-10;/h2,6-7,17-18H,3-5,8H2,1H3,(H,19,20);1H. The molecule has 134 valence electrons. The lowest BCUT2D eigenvalue weighted by atomic mass is 10.1. The van der Waals surface area contributed by atoms with E-state index in [4.69, 9.17) is 11.6 Å².